The van der Waals surface area contributed by atoms with Crippen LogP contribution >= 0.6 is 22.7 Å². The van der Waals surface area contributed by atoms with E-state index in [0.717, 1.165) is 16.4 Å². The lowest BCUT2D eigenvalue weighted by Gasteiger charge is -2.17. The summed E-state index contributed by atoms with van der Waals surface area (Å²) in [7, 11) is 0. The number of nitrogens with one attached hydrogen (secondary N) is 2. The molecule has 0 aliphatic heterocycles. The van der Waals surface area contributed by atoms with Crippen LogP contribution in [0.5, 0.6) is 0 Å². The average molecular weight is 387 g/mol. The number of amides is 2. The summed E-state index contributed by atoms with van der Waals surface area (Å²) in [5.41, 5.74) is 4.05. The Morgan fingerprint density at radius 2 is 1.72 bits per heavy atom. The first kappa shape index (κ1) is 21.1. The molecule has 2 amide bonds. The first-order valence-electron chi connectivity index (χ1n) is 7.22. The minimum Gasteiger partial charge on any atom is -0.374 e. The average Bonchev–Trinajstić information content (AvgIpc) is 3.21. The van der Waals surface area contributed by atoms with Crippen LogP contribution in [0.3, 0.4) is 0 Å². The second-order valence-corrected chi connectivity index (χ2v) is 7.14. The number of aryl methyl sites for hydroxylation is 2. The Labute approximate surface area is 153 Å². The van der Waals surface area contributed by atoms with Gasteiger partial charge >= 0.3 is 0 Å². The van der Waals surface area contributed by atoms with Gasteiger partial charge in [-0.15, -0.1) is 22.7 Å². The van der Waals surface area contributed by atoms with E-state index in [-0.39, 0.29) is 11.8 Å². The van der Waals surface area contributed by atoms with E-state index in [1.807, 2.05) is 17.7 Å². The smallest absolute Gasteiger partial charge is 0.272 e. The van der Waals surface area contributed by atoms with Crippen molar-refractivity contribution in [1.29, 1.82) is 0 Å². The fourth-order valence-corrected chi connectivity index (χ4v) is 3.33. The highest BCUT2D eigenvalue weighted by Crippen LogP contribution is 2.24. The fraction of sp³-hybridized carbons (Fsp3) is 0.429. The van der Waals surface area contributed by atoms with Crippen LogP contribution in [0, 0.1) is 13.8 Å². The molecule has 0 fully saturated rings. The molecule has 9 nitrogen and oxygen atoms in total. The zero-order valence-corrected chi connectivity index (χ0v) is 16.0. The number of hydrogen-bond donors (Lipinski definition) is 5. The number of aromatic nitrogens is 2. The molecule has 138 valence electrons. The lowest BCUT2D eigenvalue weighted by atomic mass is 10.1. The molecular weight excluding hydrogens is 364 g/mol. The van der Waals surface area contributed by atoms with Gasteiger partial charge in [0.25, 0.3) is 5.91 Å². The van der Waals surface area contributed by atoms with E-state index < -0.39 is 11.5 Å². The van der Waals surface area contributed by atoms with E-state index in [0.29, 0.717) is 5.01 Å². The Balaban J connectivity index is 0.000000251. The molecule has 0 aromatic carbocycles. The quantitative estimate of drug-likeness (QED) is 0.285. The molecule has 2 atom stereocenters. The Morgan fingerprint density at radius 3 is 2.12 bits per heavy atom. The minimum absolute atomic E-state index is 0.204. The first-order chi connectivity index (χ1) is 11.6. The van der Waals surface area contributed by atoms with Crippen LogP contribution in [0.15, 0.2) is 10.8 Å². The largest absolute Gasteiger partial charge is 0.374 e. The van der Waals surface area contributed by atoms with E-state index in [4.69, 9.17) is 11.7 Å². The number of hydrazine groups is 2. The summed E-state index contributed by atoms with van der Waals surface area (Å²) < 4.78 is 0. The summed E-state index contributed by atoms with van der Waals surface area (Å²) in [4.78, 5) is 30.4. The van der Waals surface area contributed by atoms with Gasteiger partial charge < -0.3 is 5.11 Å². The van der Waals surface area contributed by atoms with Gasteiger partial charge in [-0.2, -0.15) is 0 Å². The standard InChI is InChI=1S/C7H11N3O2S.C7H11N3OS/c1-4-3-13-6(9-4)7(2,12)5(11)10-8;1-4-3-12-7(9-4)5(2)6(11)10-8/h3,12H,8H2,1-2H3,(H,10,11);3,5H,8H2,1-2H3,(H,10,11). The summed E-state index contributed by atoms with van der Waals surface area (Å²) in [5.74, 6) is 8.79. The zero-order chi connectivity index (χ0) is 19.2. The lowest BCUT2D eigenvalue weighted by Crippen LogP contribution is -2.45. The molecule has 2 heterocycles. The molecule has 0 aliphatic carbocycles. The zero-order valence-electron chi connectivity index (χ0n) is 14.4. The van der Waals surface area contributed by atoms with Gasteiger partial charge in [0.15, 0.2) is 5.60 Å². The number of hydrogen-bond acceptors (Lipinski definition) is 9. The molecule has 0 bridgehead atoms. The number of thiazole rings is 2. The highest BCUT2D eigenvalue weighted by molar-refractivity contribution is 7.10. The highest BCUT2D eigenvalue weighted by Gasteiger charge is 2.34. The molecule has 0 aliphatic rings. The predicted molar refractivity (Wildman–Crippen MR) is 96.3 cm³/mol. The molecule has 0 spiro atoms. The van der Waals surface area contributed by atoms with Crippen LogP contribution in [-0.4, -0.2) is 26.9 Å². The molecule has 0 radical (unpaired) electrons. The van der Waals surface area contributed by atoms with E-state index in [2.05, 4.69) is 15.4 Å². The third-order valence-electron chi connectivity index (χ3n) is 3.15. The summed E-state index contributed by atoms with van der Waals surface area (Å²) in [6, 6.07) is 0. The Bertz CT molecular complexity index is 728. The summed E-state index contributed by atoms with van der Waals surface area (Å²) in [5, 5.41) is 14.5. The van der Waals surface area contributed by atoms with Gasteiger partial charge in [0.1, 0.15) is 10.0 Å². The second-order valence-electron chi connectivity index (χ2n) is 5.40. The summed E-state index contributed by atoms with van der Waals surface area (Å²) in [6.45, 7) is 6.82. The van der Waals surface area contributed by atoms with Crippen molar-refractivity contribution < 1.29 is 14.7 Å². The van der Waals surface area contributed by atoms with Crippen molar-refractivity contribution in [3.8, 4) is 0 Å². The van der Waals surface area contributed by atoms with Crippen LogP contribution in [-0.2, 0) is 15.2 Å². The van der Waals surface area contributed by atoms with Gasteiger partial charge in [-0.1, -0.05) is 0 Å². The highest BCUT2D eigenvalue weighted by atomic mass is 32.1. The third kappa shape index (κ3) is 5.54. The van der Waals surface area contributed by atoms with Crippen molar-refractivity contribution in [2.45, 2.75) is 39.2 Å². The maximum absolute atomic E-state index is 11.1. The monoisotopic (exact) mass is 386 g/mol. The number of carbonyl (C=O) groups is 2. The molecule has 0 saturated carbocycles. The van der Waals surface area contributed by atoms with Gasteiger partial charge in [-0.25, -0.2) is 21.7 Å². The molecule has 2 aromatic heterocycles. The first-order valence-corrected chi connectivity index (χ1v) is 8.97. The molecular formula is C14H22N6O3S2. The number of aliphatic hydroxyl groups is 1. The molecule has 0 saturated heterocycles. The van der Waals surface area contributed by atoms with E-state index in [9.17, 15) is 14.7 Å². The number of carbonyl (C=O) groups excluding carboxylic acids is 2. The molecule has 25 heavy (non-hydrogen) atoms. The number of nitrogens with zero attached hydrogens (tertiary/aromatic N) is 2. The third-order valence-corrected chi connectivity index (χ3v) is 5.47. The summed E-state index contributed by atoms with van der Waals surface area (Å²) in [6.07, 6.45) is 0. The van der Waals surface area contributed by atoms with Crippen molar-refractivity contribution in [2.75, 3.05) is 0 Å². The van der Waals surface area contributed by atoms with E-state index >= 15 is 0 Å². The normalized spacial score (nSPS) is 13.9. The summed E-state index contributed by atoms with van der Waals surface area (Å²) >= 11 is 2.70. The molecule has 2 rings (SSSR count). The fourth-order valence-electron chi connectivity index (χ4n) is 1.62. The van der Waals surface area contributed by atoms with Crippen molar-refractivity contribution in [3.63, 3.8) is 0 Å². The van der Waals surface area contributed by atoms with Crippen LogP contribution < -0.4 is 22.5 Å². The van der Waals surface area contributed by atoms with Crippen LogP contribution in [0.2, 0.25) is 0 Å². The maximum atomic E-state index is 11.1. The molecule has 2 unspecified atom stereocenters. The SMILES string of the molecule is Cc1csc(C(C)(O)C(=O)NN)n1.Cc1csc(C(C)C(=O)NN)n1. The van der Waals surface area contributed by atoms with Crippen LogP contribution in [0.1, 0.15) is 41.2 Å². The van der Waals surface area contributed by atoms with Crippen LogP contribution in [0.4, 0.5) is 0 Å². The van der Waals surface area contributed by atoms with Crippen molar-refractivity contribution >= 4 is 34.5 Å². The van der Waals surface area contributed by atoms with Gasteiger partial charge in [-0.05, 0) is 27.7 Å². The number of nitrogens with two attached hydrogens (primary N) is 2. The van der Waals surface area contributed by atoms with Gasteiger partial charge in [0, 0.05) is 22.1 Å². The second kappa shape index (κ2) is 8.97. The maximum Gasteiger partial charge on any atom is 0.272 e. The van der Waals surface area contributed by atoms with Crippen molar-refractivity contribution in [2.24, 2.45) is 11.7 Å². The Kier molecular flexibility index (Phi) is 7.58. The van der Waals surface area contributed by atoms with Gasteiger partial charge in [0.2, 0.25) is 5.91 Å². The number of rotatable bonds is 4. The van der Waals surface area contributed by atoms with Gasteiger partial charge in [-0.3, -0.25) is 20.4 Å². The van der Waals surface area contributed by atoms with E-state index in [1.54, 1.807) is 19.2 Å². The molecule has 11 heteroatoms. The van der Waals surface area contributed by atoms with Crippen molar-refractivity contribution in [1.82, 2.24) is 20.8 Å². The molecule has 7 N–H and O–H groups in total. The lowest BCUT2D eigenvalue weighted by molar-refractivity contribution is -0.139. The topological polar surface area (TPSA) is 156 Å². The van der Waals surface area contributed by atoms with E-state index in [1.165, 1.54) is 29.6 Å². The predicted octanol–water partition coefficient (Wildman–Crippen LogP) is 0.194. The van der Waals surface area contributed by atoms with Crippen LogP contribution in [0.25, 0.3) is 0 Å². The van der Waals surface area contributed by atoms with Gasteiger partial charge in [0.05, 0.1) is 5.92 Å². The Hall–Kier alpha value is -1.92. The molecule has 2 aromatic rings. The minimum atomic E-state index is -1.65. The Morgan fingerprint density at radius 1 is 1.16 bits per heavy atom. The van der Waals surface area contributed by atoms with Crippen molar-refractivity contribution in [3.05, 3.63) is 32.2 Å².